The molecule has 0 bridgehead atoms. The fourth-order valence-electron chi connectivity index (χ4n) is 1.57. The number of benzene rings is 1. The number of nitrogens with two attached hydrogens (primary N) is 1. The van der Waals surface area contributed by atoms with Gasteiger partial charge >= 0.3 is 11.4 Å². The number of anilines is 1. The van der Waals surface area contributed by atoms with Gasteiger partial charge in [0.1, 0.15) is 5.75 Å². The van der Waals surface area contributed by atoms with Crippen LogP contribution in [-0.2, 0) is 6.54 Å². The molecule has 17 heavy (non-hydrogen) atoms. The normalized spacial score (nSPS) is 10.4. The molecule has 7 nitrogen and oxygen atoms in total. The van der Waals surface area contributed by atoms with Crippen molar-refractivity contribution in [3.63, 3.8) is 0 Å². The van der Waals surface area contributed by atoms with Gasteiger partial charge in [-0.05, 0) is 18.2 Å². The summed E-state index contributed by atoms with van der Waals surface area (Å²) in [6, 6.07) is 5.04. The van der Waals surface area contributed by atoms with Gasteiger partial charge in [0.2, 0.25) is 0 Å². The number of H-pyrrole nitrogens is 2. The fraction of sp³-hybridized carbons (Fsp3) is 0.200. The lowest BCUT2D eigenvalue weighted by Crippen LogP contribution is -2.27. The Balaban J connectivity index is 2.46. The number of methoxy groups -OCH3 is 1. The number of aromatic amines is 2. The number of nitrogens with one attached hydrogen (secondary N) is 2. The lowest BCUT2D eigenvalue weighted by Gasteiger charge is -2.08. The zero-order valence-electron chi connectivity index (χ0n) is 9.19. The minimum atomic E-state index is -0.500. The van der Waals surface area contributed by atoms with E-state index >= 15 is 0 Å². The van der Waals surface area contributed by atoms with Gasteiger partial charge in [0.25, 0.3) is 0 Å². The lowest BCUT2D eigenvalue weighted by atomic mass is 10.2. The summed E-state index contributed by atoms with van der Waals surface area (Å²) < 4.78 is 6.16. The molecule has 0 atom stereocenters. The molecule has 4 N–H and O–H groups in total. The third-order valence-electron chi connectivity index (χ3n) is 2.40. The van der Waals surface area contributed by atoms with Gasteiger partial charge in [-0.3, -0.25) is 0 Å². The molecule has 0 unspecified atom stereocenters. The second-order valence-corrected chi connectivity index (χ2v) is 3.52. The molecule has 0 aliphatic carbocycles. The first-order chi connectivity index (χ1) is 8.11. The van der Waals surface area contributed by atoms with E-state index in [4.69, 9.17) is 10.5 Å². The highest BCUT2D eigenvalue weighted by molar-refractivity contribution is 5.47. The molecular weight excluding hydrogens is 224 g/mol. The average molecular weight is 236 g/mol. The predicted octanol–water partition coefficient (Wildman–Crippen LogP) is -0.496. The number of aromatic nitrogens is 3. The van der Waals surface area contributed by atoms with Gasteiger partial charge in [-0.2, -0.15) is 0 Å². The number of rotatable bonds is 3. The Labute approximate surface area is 95.8 Å². The molecule has 1 heterocycles. The van der Waals surface area contributed by atoms with Crippen molar-refractivity contribution < 1.29 is 4.74 Å². The van der Waals surface area contributed by atoms with Crippen molar-refractivity contribution in [3.8, 4) is 5.75 Å². The zero-order valence-corrected chi connectivity index (χ0v) is 9.19. The maximum absolute atomic E-state index is 11.3. The molecule has 2 rings (SSSR count). The number of hydrogen-bond donors (Lipinski definition) is 3. The summed E-state index contributed by atoms with van der Waals surface area (Å²) >= 11 is 0. The minimum absolute atomic E-state index is 0.103. The van der Waals surface area contributed by atoms with Crippen molar-refractivity contribution in [2.24, 2.45) is 0 Å². The summed E-state index contributed by atoms with van der Waals surface area (Å²) in [5, 5.41) is 4.41. The summed E-state index contributed by atoms with van der Waals surface area (Å²) in [6.45, 7) is 0.103. The largest absolute Gasteiger partial charge is 0.496 e. The maximum Gasteiger partial charge on any atom is 0.344 e. The van der Waals surface area contributed by atoms with Crippen LogP contribution in [0.15, 0.2) is 27.8 Å². The number of nitrogen functional groups attached to an aromatic ring is 1. The first-order valence-corrected chi connectivity index (χ1v) is 4.91. The van der Waals surface area contributed by atoms with Crippen LogP contribution in [0.5, 0.6) is 5.75 Å². The van der Waals surface area contributed by atoms with Gasteiger partial charge in [-0.15, -0.1) is 0 Å². The Hall–Kier alpha value is -2.44. The Morgan fingerprint density at radius 1 is 1.29 bits per heavy atom. The Kier molecular flexibility index (Phi) is 2.73. The first kappa shape index (κ1) is 11.1. The van der Waals surface area contributed by atoms with Crippen molar-refractivity contribution in [2.45, 2.75) is 6.54 Å². The minimum Gasteiger partial charge on any atom is -0.496 e. The number of ether oxygens (including phenoxy) is 1. The van der Waals surface area contributed by atoms with E-state index in [1.54, 1.807) is 18.2 Å². The Morgan fingerprint density at radius 3 is 2.53 bits per heavy atom. The summed E-state index contributed by atoms with van der Waals surface area (Å²) in [5.74, 6) is 0.576. The van der Waals surface area contributed by atoms with Crippen LogP contribution in [0.1, 0.15) is 5.56 Å². The molecule has 0 spiro atoms. The fourth-order valence-corrected chi connectivity index (χ4v) is 1.57. The van der Waals surface area contributed by atoms with Gasteiger partial charge in [0, 0.05) is 11.3 Å². The van der Waals surface area contributed by atoms with Crippen LogP contribution in [0, 0.1) is 0 Å². The van der Waals surface area contributed by atoms with Crippen LogP contribution in [0.4, 0.5) is 5.69 Å². The second kappa shape index (κ2) is 4.20. The summed E-state index contributed by atoms with van der Waals surface area (Å²) in [6.07, 6.45) is 0. The van der Waals surface area contributed by atoms with Crippen molar-refractivity contribution >= 4 is 5.69 Å². The standard InChI is InChI=1S/C10H12N4O3/c1-17-8-3-2-7(11)4-6(8)5-14-9(15)12-13-10(14)16/h2-4H,5,11H2,1H3,(H,12,15)(H,13,16). The molecule has 7 heteroatoms. The first-order valence-electron chi connectivity index (χ1n) is 4.91. The van der Waals surface area contributed by atoms with E-state index < -0.39 is 11.4 Å². The number of hydrogen-bond acceptors (Lipinski definition) is 4. The molecule has 2 aromatic rings. The van der Waals surface area contributed by atoms with Gasteiger partial charge in [-0.1, -0.05) is 0 Å². The quantitative estimate of drug-likeness (QED) is 0.625. The van der Waals surface area contributed by atoms with Crippen LogP contribution in [0.25, 0.3) is 0 Å². The van der Waals surface area contributed by atoms with Crippen molar-refractivity contribution in [1.29, 1.82) is 0 Å². The van der Waals surface area contributed by atoms with Crippen LogP contribution < -0.4 is 21.9 Å². The monoisotopic (exact) mass is 236 g/mol. The highest BCUT2D eigenvalue weighted by atomic mass is 16.5. The molecule has 0 fully saturated rings. The van der Waals surface area contributed by atoms with Crippen LogP contribution in [0.2, 0.25) is 0 Å². The third-order valence-corrected chi connectivity index (χ3v) is 2.40. The van der Waals surface area contributed by atoms with E-state index in [1.807, 2.05) is 0 Å². The molecule has 0 saturated carbocycles. The molecule has 1 aromatic heterocycles. The second-order valence-electron chi connectivity index (χ2n) is 3.52. The molecule has 0 radical (unpaired) electrons. The van der Waals surface area contributed by atoms with Gasteiger partial charge < -0.3 is 10.5 Å². The van der Waals surface area contributed by atoms with Gasteiger partial charge in [0.05, 0.1) is 13.7 Å². The smallest absolute Gasteiger partial charge is 0.344 e. The summed E-state index contributed by atoms with van der Waals surface area (Å²) in [7, 11) is 1.51. The molecule has 0 aliphatic rings. The SMILES string of the molecule is COc1ccc(N)cc1Cn1c(=O)[nH][nH]c1=O. The molecule has 0 amide bonds. The van der Waals surface area contributed by atoms with Crippen molar-refractivity contribution in [3.05, 3.63) is 44.7 Å². The lowest BCUT2D eigenvalue weighted by molar-refractivity contribution is 0.408. The highest BCUT2D eigenvalue weighted by Gasteiger charge is 2.08. The van der Waals surface area contributed by atoms with Gasteiger partial charge in [0.15, 0.2) is 0 Å². The van der Waals surface area contributed by atoms with E-state index in [1.165, 1.54) is 7.11 Å². The molecule has 0 saturated heterocycles. The van der Waals surface area contributed by atoms with Crippen LogP contribution >= 0.6 is 0 Å². The van der Waals surface area contributed by atoms with Crippen molar-refractivity contribution in [1.82, 2.24) is 14.8 Å². The Bertz CT molecular complexity index is 610. The van der Waals surface area contributed by atoms with E-state index in [2.05, 4.69) is 10.2 Å². The maximum atomic E-state index is 11.3. The molecule has 1 aromatic carbocycles. The van der Waals surface area contributed by atoms with Crippen LogP contribution in [0.3, 0.4) is 0 Å². The van der Waals surface area contributed by atoms with E-state index in [9.17, 15) is 9.59 Å². The Morgan fingerprint density at radius 2 is 1.94 bits per heavy atom. The summed E-state index contributed by atoms with van der Waals surface area (Å²) in [5.41, 5.74) is 5.86. The average Bonchev–Trinajstić information content (AvgIpc) is 2.61. The zero-order chi connectivity index (χ0) is 12.4. The van der Waals surface area contributed by atoms with Crippen LogP contribution in [-0.4, -0.2) is 21.9 Å². The molecular formula is C10H12N4O3. The molecule has 0 aliphatic heterocycles. The van der Waals surface area contributed by atoms with Gasteiger partial charge in [-0.25, -0.2) is 24.4 Å². The van der Waals surface area contributed by atoms with E-state index in [-0.39, 0.29) is 6.54 Å². The predicted molar refractivity (Wildman–Crippen MR) is 62.2 cm³/mol. The highest BCUT2D eigenvalue weighted by Crippen LogP contribution is 2.21. The third kappa shape index (κ3) is 2.07. The summed E-state index contributed by atoms with van der Waals surface area (Å²) in [4.78, 5) is 22.7. The number of nitrogens with zero attached hydrogens (tertiary/aromatic N) is 1. The van der Waals surface area contributed by atoms with E-state index in [0.717, 1.165) is 4.57 Å². The van der Waals surface area contributed by atoms with E-state index in [0.29, 0.717) is 17.0 Å². The topological polar surface area (TPSA) is 106 Å². The van der Waals surface area contributed by atoms with Crippen molar-refractivity contribution in [2.75, 3.05) is 12.8 Å². The molecule has 90 valence electrons.